The maximum absolute atomic E-state index is 11.7. The first-order valence-corrected chi connectivity index (χ1v) is 6.78. The monoisotopic (exact) mass is 313 g/mol. The van der Waals surface area contributed by atoms with E-state index in [9.17, 15) is 4.79 Å². The largest absolute Gasteiger partial charge is 0.356 e. The molecule has 0 radical (unpaired) electrons. The summed E-state index contributed by atoms with van der Waals surface area (Å²) in [5, 5.41) is 6.06. The van der Waals surface area contributed by atoms with Crippen LogP contribution in [0, 0.1) is 11.8 Å². The number of nitrogens with one attached hydrogen (secondary N) is 2. The highest BCUT2D eigenvalue weighted by molar-refractivity contribution is 5.85. The van der Waals surface area contributed by atoms with Crippen molar-refractivity contribution in [2.45, 2.75) is 26.7 Å². The topological polar surface area (TPSA) is 44.4 Å². The predicted molar refractivity (Wildman–Crippen MR) is 85.4 cm³/mol. The third-order valence-corrected chi connectivity index (χ3v) is 3.35. The second kappa shape index (κ2) is 11.8. The van der Waals surface area contributed by atoms with Crippen molar-refractivity contribution in [1.82, 2.24) is 15.5 Å². The lowest BCUT2D eigenvalue weighted by atomic mass is 10.1. The molecule has 1 aliphatic heterocycles. The fraction of sp³-hybridized carbons (Fsp3) is 0.923. The zero-order valence-electron chi connectivity index (χ0n) is 12.3. The van der Waals surface area contributed by atoms with Crippen LogP contribution in [0.3, 0.4) is 0 Å². The number of carbonyl (C=O) groups excluding carboxylic acids is 1. The molecular formula is C13H29Cl2N3O. The van der Waals surface area contributed by atoms with Crippen LogP contribution in [-0.2, 0) is 4.79 Å². The summed E-state index contributed by atoms with van der Waals surface area (Å²) in [6, 6.07) is 0. The lowest BCUT2D eigenvalue weighted by molar-refractivity contribution is -0.124. The summed E-state index contributed by atoms with van der Waals surface area (Å²) in [7, 11) is 1.87. The summed E-state index contributed by atoms with van der Waals surface area (Å²) < 4.78 is 0. The first-order chi connectivity index (χ1) is 8.13. The number of carbonyl (C=O) groups is 1. The maximum atomic E-state index is 11.7. The molecule has 1 amide bonds. The number of nitrogens with zero attached hydrogens (tertiary/aromatic N) is 1. The first kappa shape index (κ1) is 21.3. The molecule has 6 heteroatoms. The molecule has 1 heterocycles. The van der Waals surface area contributed by atoms with Gasteiger partial charge in [-0.1, -0.05) is 13.8 Å². The fourth-order valence-electron chi connectivity index (χ4n) is 2.32. The molecule has 0 aromatic carbocycles. The van der Waals surface area contributed by atoms with Crippen molar-refractivity contribution in [2.75, 3.05) is 39.8 Å². The molecule has 0 aromatic rings. The van der Waals surface area contributed by atoms with Gasteiger partial charge in [0, 0.05) is 25.6 Å². The zero-order valence-corrected chi connectivity index (χ0v) is 13.9. The van der Waals surface area contributed by atoms with Crippen molar-refractivity contribution >= 4 is 30.7 Å². The van der Waals surface area contributed by atoms with Gasteiger partial charge >= 0.3 is 0 Å². The number of hydrogen-bond donors (Lipinski definition) is 2. The second-order valence-corrected chi connectivity index (χ2v) is 5.32. The maximum Gasteiger partial charge on any atom is 0.224 e. The summed E-state index contributed by atoms with van der Waals surface area (Å²) in [5.74, 6) is 0.755. The van der Waals surface area contributed by atoms with Crippen molar-refractivity contribution in [3.05, 3.63) is 0 Å². The molecule has 19 heavy (non-hydrogen) atoms. The molecule has 2 unspecified atom stereocenters. The Kier molecular flexibility index (Phi) is 13.2. The van der Waals surface area contributed by atoms with Gasteiger partial charge in [-0.15, -0.1) is 24.8 Å². The predicted octanol–water partition coefficient (Wildman–Crippen LogP) is 1.53. The minimum Gasteiger partial charge on any atom is -0.356 e. The van der Waals surface area contributed by atoms with Crippen molar-refractivity contribution in [2.24, 2.45) is 11.8 Å². The molecule has 1 fully saturated rings. The number of hydrogen-bond acceptors (Lipinski definition) is 3. The molecule has 0 bridgehead atoms. The molecule has 1 rings (SSSR count). The van der Waals surface area contributed by atoms with Gasteiger partial charge in [0.2, 0.25) is 5.91 Å². The Bertz CT molecular complexity index is 236. The highest BCUT2D eigenvalue weighted by Crippen LogP contribution is 2.09. The van der Waals surface area contributed by atoms with Crippen molar-refractivity contribution < 1.29 is 4.79 Å². The van der Waals surface area contributed by atoms with Crippen LogP contribution >= 0.6 is 24.8 Å². The zero-order chi connectivity index (χ0) is 12.7. The van der Waals surface area contributed by atoms with E-state index in [1.807, 2.05) is 14.0 Å². The molecule has 0 spiro atoms. The molecule has 2 atom stereocenters. The highest BCUT2D eigenvalue weighted by Gasteiger charge is 2.16. The van der Waals surface area contributed by atoms with E-state index in [4.69, 9.17) is 0 Å². The van der Waals surface area contributed by atoms with Gasteiger partial charge in [-0.25, -0.2) is 0 Å². The van der Waals surface area contributed by atoms with E-state index in [2.05, 4.69) is 22.5 Å². The molecule has 1 aliphatic rings. The van der Waals surface area contributed by atoms with Gasteiger partial charge in [-0.3, -0.25) is 4.79 Å². The smallest absolute Gasteiger partial charge is 0.224 e. The van der Waals surface area contributed by atoms with Crippen LogP contribution in [0.5, 0.6) is 0 Å². The van der Waals surface area contributed by atoms with Crippen molar-refractivity contribution in [3.8, 4) is 0 Å². The molecule has 0 aromatic heterocycles. The third-order valence-electron chi connectivity index (χ3n) is 3.35. The van der Waals surface area contributed by atoms with Crippen molar-refractivity contribution in [3.63, 3.8) is 0 Å². The van der Waals surface area contributed by atoms with Crippen LogP contribution in [0.25, 0.3) is 0 Å². The minimum absolute atomic E-state index is 0. The fourth-order valence-corrected chi connectivity index (χ4v) is 2.32. The Hall–Kier alpha value is -0.0300. The Labute approximate surface area is 129 Å². The summed E-state index contributed by atoms with van der Waals surface area (Å²) in [5.41, 5.74) is 0. The average molecular weight is 314 g/mol. The average Bonchev–Trinajstić information content (AvgIpc) is 2.79. The molecular weight excluding hydrogens is 285 g/mol. The van der Waals surface area contributed by atoms with Gasteiger partial charge in [-0.05, 0) is 38.9 Å². The number of rotatable bonds is 7. The number of halogens is 2. The summed E-state index contributed by atoms with van der Waals surface area (Å²) in [6.07, 6.45) is 2.66. The molecule has 116 valence electrons. The van der Waals surface area contributed by atoms with Crippen LogP contribution in [0.15, 0.2) is 0 Å². The SMILES string of the molecule is CNCC(C)C(=O)NCC(C)CN1CCCC1.Cl.Cl. The third kappa shape index (κ3) is 8.69. The summed E-state index contributed by atoms with van der Waals surface area (Å²) in [6.45, 7) is 9.28. The number of likely N-dealkylation sites (tertiary alicyclic amines) is 1. The van der Waals surface area contributed by atoms with Crippen LogP contribution in [0.4, 0.5) is 0 Å². The Morgan fingerprint density at radius 1 is 1.16 bits per heavy atom. The van der Waals surface area contributed by atoms with Gasteiger partial charge in [0.05, 0.1) is 0 Å². The summed E-state index contributed by atoms with van der Waals surface area (Å²) >= 11 is 0. The van der Waals surface area contributed by atoms with Crippen LogP contribution in [0.2, 0.25) is 0 Å². The van der Waals surface area contributed by atoms with E-state index in [0.717, 1.165) is 19.6 Å². The van der Waals surface area contributed by atoms with E-state index in [-0.39, 0.29) is 36.6 Å². The van der Waals surface area contributed by atoms with Gasteiger partial charge in [-0.2, -0.15) is 0 Å². The molecule has 1 saturated heterocycles. The van der Waals surface area contributed by atoms with Crippen LogP contribution < -0.4 is 10.6 Å². The number of amides is 1. The highest BCUT2D eigenvalue weighted by atomic mass is 35.5. The van der Waals surface area contributed by atoms with E-state index in [1.165, 1.54) is 25.9 Å². The minimum atomic E-state index is 0. The van der Waals surface area contributed by atoms with E-state index >= 15 is 0 Å². The standard InChI is InChI=1S/C13H27N3O.2ClH/c1-11(10-16-6-4-5-7-16)8-15-13(17)12(2)9-14-3;;/h11-12,14H,4-10H2,1-3H3,(H,15,17);2*1H. The lowest BCUT2D eigenvalue weighted by Crippen LogP contribution is -2.39. The van der Waals surface area contributed by atoms with Gasteiger partial charge < -0.3 is 15.5 Å². The Morgan fingerprint density at radius 2 is 1.74 bits per heavy atom. The second-order valence-electron chi connectivity index (χ2n) is 5.32. The van der Waals surface area contributed by atoms with Gasteiger partial charge in [0.25, 0.3) is 0 Å². The van der Waals surface area contributed by atoms with Gasteiger partial charge in [0.15, 0.2) is 0 Å². The molecule has 0 saturated carbocycles. The van der Waals surface area contributed by atoms with E-state index < -0.39 is 0 Å². The quantitative estimate of drug-likeness (QED) is 0.749. The molecule has 4 nitrogen and oxygen atoms in total. The van der Waals surface area contributed by atoms with Crippen LogP contribution in [0.1, 0.15) is 26.7 Å². The van der Waals surface area contributed by atoms with Crippen molar-refractivity contribution in [1.29, 1.82) is 0 Å². The summed E-state index contributed by atoms with van der Waals surface area (Å²) in [4.78, 5) is 14.2. The van der Waals surface area contributed by atoms with Gasteiger partial charge in [0.1, 0.15) is 0 Å². The molecule has 2 N–H and O–H groups in total. The van der Waals surface area contributed by atoms with E-state index in [0.29, 0.717) is 5.92 Å². The normalized spacial score (nSPS) is 18.1. The Balaban J connectivity index is 0. The first-order valence-electron chi connectivity index (χ1n) is 6.78. The van der Waals surface area contributed by atoms with E-state index in [1.54, 1.807) is 0 Å². The Morgan fingerprint density at radius 3 is 2.26 bits per heavy atom. The van der Waals surface area contributed by atoms with Crippen LogP contribution in [-0.4, -0.2) is 50.6 Å². The molecule has 0 aliphatic carbocycles. The lowest BCUT2D eigenvalue weighted by Gasteiger charge is -2.21.